The quantitative estimate of drug-likeness (QED) is 0.519. The third kappa shape index (κ3) is 6.78. The van der Waals surface area contributed by atoms with Crippen molar-refractivity contribution < 1.29 is 19.0 Å². The van der Waals surface area contributed by atoms with Gasteiger partial charge >= 0.3 is 5.97 Å². The molecule has 2 aromatic rings. The highest BCUT2D eigenvalue weighted by atomic mass is 19.1. The van der Waals surface area contributed by atoms with Crippen molar-refractivity contribution >= 4 is 5.97 Å². The van der Waals surface area contributed by atoms with Crippen molar-refractivity contribution in [2.75, 3.05) is 45.9 Å². The standard InChI is InChI=1S/C23H27FN2O3/c24-21-9-7-19(8-10-21)22-6-2-1-5-20(22)17-26-14-12-25(13-15-26)11-3-4-16-29-18-23(27)28/h1-10H,11-18H2,(H,27,28). The Morgan fingerprint density at radius 1 is 1.00 bits per heavy atom. The first-order valence-corrected chi connectivity index (χ1v) is 9.85. The van der Waals surface area contributed by atoms with Gasteiger partial charge in [0.25, 0.3) is 0 Å². The minimum absolute atomic E-state index is 0.218. The van der Waals surface area contributed by atoms with Crippen LogP contribution in [0.1, 0.15) is 5.56 Å². The predicted octanol–water partition coefficient (Wildman–Crippen LogP) is 3.27. The summed E-state index contributed by atoms with van der Waals surface area (Å²) >= 11 is 0. The Labute approximate surface area is 171 Å². The van der Waals surface area contributed by atoms with Gasteiger partial charge in [-0.15, -0.1) is 0 Å². The summed E-state index contributed by atoms with van der Waals surface area (Å²) in [7, 11) is 0. The molecule has 0 atom stereocenters. The number of carboxylic acid groups (broad SMARTS) is 1. The molecule has 1 fully saturated rings. The molecule has 0 saturated carbocycles. The fraction of sp³-hybridized carbons (Fsp3) is 0.348. The van der Waals surface area contributed by atoms with E-state index in [9.17, 15) is 9.18 Å². The van der Waals surface area contributed by atoms with Crippen molar-refractivity contribution in [1.82, 2.24) is 9.80 Å². The van der Waals surface area contributed by atoms with Crippen molar-refractivity contribution in [3.05, 3.63) is 72.1 Å². The lowest BCUT2D eigenvalue weighted by Gasteiger charge is -2.34. The molecule has 6 heteroatoms. The van der Waals surface area contributed by atoms with E-state index in [1.165, 1.54) is 17.7 Å². The number of nitrogens with zero attached hydrogens (tertiary/aromatic N) is 2. The zero-order chi connectivity index (χ0) is 20.5. The van der Waals surface area contributed by atoms with E-state index < -0.39 is 5.97 Å². The van der Waals surface area contributed by atoms with Crippen molar-refractivity contribution in [2.24, 2.45) is 0 Å². The van der Waals surface area contributed by atoms with E-state index in [1.54, 1.807) is 0 Å². The highest BCUT2D eigenvalue weighted by Gasteiger charge is 2.17. The maximum atomic E-state index is 13.2. The summed E-state index contributed by atoms with van der Waals surface area (Å²) in [6.45, 7) is 5.73. The van der Waals surface area contributed by atoms with Crippen LogP contribution in [-0.4, -0.2) is 66.8 Å². The highest BCUT2D eigenvalue weighted by molar-refractivity contribution is 5.68. The number of aliphatic carboxylic acids is 1. The van der Waals surface area contributed by atoms with E-state index in [1.807, 2.05) is 30.4 Å². The Balaban J connectivity index is 1.47. The zero-order valence-corrected chi connectivity index (χ0v) is 16.5. The Morgan fingerprint density at radius 3 is 2.41 bits per heavy atom. The third-order valence-corrected chi connectivity index (χ3v) is 5.00. The molecule has 1 aliphatic heterocycles. The molecule has 0 bridgehead atoms. The Morgan fingerprint density at radius 2 is 1.69 bits per heavy atom. The second-order valence-electron chi connectivity index (χ2n) is 7.12. The van der Waals surface area contributed by atoms with Crippen LogP contribution >= 0.6 is 0 Å². The minimum Gasteiger partial charge on any atom is -0.480 e. The number of ether oxygens (including phenoxy) is 1. The SMILES string of the molecule is O=C(O)COCC=CCN1CCN(Cc2ccccc2-c2ccc(F)cc2)CC1. The Kier molecular flexibility index (Phi) is 7.93. The first-order chi connectivity index (χ1) is 14.1. The number of hydrogen-bond donors (Lipinski definition) is 1. The van der Waals surface area contributed by atoms with Crippen molar-refractivity contribution in [3.8, 4) is 11.1 Å². The molecule has 3 rings (SSSR count). The zero-order valence-electron chi connectivity index (χ0n) is 16.5. The molecular weight excluding hydrogens is 371 g/mol. The van der Waals surface area contributed by atoms with E-state index >= 15 is 0 Å². The molecule has 154 valence electrons. The molecule has 0 aliphatic carbocycles. The normalized spacial score (nSPS) is 15.8. The van der Waals surface area contributed by atoms with Gasteiger partial charge in [-0.1, -0.05) is 48.6 Å². The number of benzene rings is 2. The van der Waals surface area contributed by atoms with Gasteiger partial charge in [-0.25, -0.2) is 9.18 Å². The van der Waals surface area contributed by atoms with Gasteiger partial charge in [0, 0.05) is 39.3 Å². The maximum absolute atomic E-state index is 13.2. The second kappa shape index (κ2) is 10.9. The van der Waals surface area contributed by atoms with Crippen LogP contribution < -0.4 is 0 Å². The topological polar surface area (TPSA) is 53.0 Å². The lowest BCUT2D eigenvalue weighted by molar-refractivity contribution is -0.141. The van der Waals surface area contributed by atoms with Crippen LogP contribution in [0.5, 0.6) is 0 Å². The fourth-order valence-corrected chi connectivity index (χ4v) is 3.45. The monoisotopic (exact) mass is 398 g/mol. The maximum Gasteiger partial charge on any atom is 0.329 e. The molecule has 0 aromatic heterocycles. The Hall–Kier alpha value is -2.54. The van der Waals surface area contributed by atoms with Gasteiger partial charge in [0.15, 0.2) is 0 Å². The van der Waals surface area contributed by atoms with Gasteiger partial charge in [-0.3, -0.25) is 9.80 Å². The smallest absolute Gasteiger partial charge is 0.329 e. The Bertz CT molecular complexity index is 815. The molecule has 0 unspecified atom stereocenters. The predicted molar refractivity (Wildman–Crippen MR) is 111 cm³/mol. The van der Waals surface area contributed by atoms with E-state index in [-0.39, 0.29) is 12.4 Å². The molecule has 2 aromatic carbocycles. The number of rotatable bonds is 9. The molecule has 1 N–H and O–H groups in total. The van der Waals surface area contributed by atoms with Crippen molar-refractivity contribution in [3.63, 3.8) is 0 Å². The van der Waals surface area contributed by atoms with Crippen LogP contribution in [-0.2, 0) is 16.1 Å². The fourth-order valence-electron chi connectivity index (χ4n) is 3.45. The molecule has 1 heterocycles. The molecule has 29 heavy (non-hydrogen) atoms. The number of halogens is 1. The van der Waals surface area contributed by atoms with Crippen LogP contribution in [0.15, 0.2) is 60.7 Å². The van der Waals surface area contributed by atoms with Gasteiger partial charge in [0.1, 0.15) is 12.4 Å². The van der Waals surface area contributed by atoms with Crippen LogP contribution in [0.25, 0.3) is 11.1 Å². The first kappa shape index (κ1) is 21.2. The van der Waals surface area contributed by atoms with Crippen LogP contribution in [0.3, 0.4) is 0 Å². The molecule has 1 aliphatic rings. The largest absolute Gasteiger partial charge is 0.480 e. The minimum atomic E-state index is -0.949. The second-order valence-corrected chi connectivity index (χ2v) is 7.12. The molecule has 0 amide bonds. The van der Waals surface area contributed by atoms with Gasteiger partial charge in [-0.05, 0) is 28.8 Å². The van der Waals surface area contributed by atoms with Crippen molar-refractivity contribution in [2.45, 2.75) is 6.54 Å². The molecule has 5 nitrogen and oxygen atoms in total. The highest BCUT2D eigenvalue weighted by Crippen LogP contribution is 2.25. The van der Waals surface area contributed by atoms with E-state index in [0.29, 0.717) is 6.61 Å². The first-order valence-electron chi connectivity index (χ1n) is 9.85. The summed E-state index contributed by atoms with van der Waals surface area (Å²) < 4.78 is 18.2. The lowest BCUT2D eigenvalue weighted by Crippen LogP contribution is -2.45. The van der Waals surface area contributed by atoms with E-state index in [2.05, 4.69) is 28.0 Å². The van der Waals surface area contributed by atoms with Gasteiger partial charge in [0.05, 0.1) is 6.61 Å². The summed E-state index contributed by atoms with van der Waals surface area (Å²) in [4.78, 5) is 15.2. The number of carbonyl (C=O) groups is 1. The van der Waals surface area contributed by atoms with E-state index in [0.717, 1.165) is 50.4 Å². The van der Waals surface area contributed by atoms with Crippen LogP contribution in [0.2, 0.25) is 0 Å². The van der Waals surface area contributed by atoms with Crippen LogP contribution in [0, 0.1) is 5.82 Å². The van der Waals surface area contributed by atoms with Crippen molar-refractivity contribution in [1.29, 1.82) is 0 Å². The summed E-state index contributed by atoms with van der Waals surface area (Å²) in [5, 5.41) is 8.52. The van der Waals surface area contributed by atoms with E-state index in [4.69, 9.17) is 9.84 Å². The number of hydrogen-bond acceptors (Lipinski definition) is 4. The summed E-state index contributed by atoms with van der Waals surface area (Å²) in [6.07, 6.45) is 3.90. The third-order valence-electron chi connectivity index (χ3n) is 5.00. The molecule has 0 spiro atoms. The summed E-state index contributed by atoms with van der Waals surface area (Å²) in [6, 6.07) is 15.0. The van der Waals surface area contributed by atoms with Gasteiger partial charge in [0.2, 0.25) is 0 Å². The summed E-state index contributed by atoms with van der Waals surface area (Å²) in [5.74, 6) is -1.17. The van der Waals surface area contributed by atoms with Gasteiger partial charge in [-0.2, -0.15) is 0 Å². The molecule has 0 radical (unpaired) electrons. The number of piperazine rings is 1. The molecular formula is C23H27FN2O3. The summed E-state index contributed by atoms with van der Waals surface area (Å²) in [5.41, 5.74) is 3.44. The average Bonchev–Trinajstić information content (AvgIpc) is 2.73. The number of carboxylic acids is 1. The lowest BCUT2D eigenvalue weighted by atomic mass is 9.99. The van der Waals surface area contributed by atoms with Gasteiger partial charge < -0.3 is 9.84 Å². The van der Waals surface area contributed by atoms with Crippen LogP contribution in [0.4, 0.5) is 4.39 Å². The molecule has 1 saturated heterocycles. The average molecular weight is 398 g/mol.